The van der Waals surface area contributed by atoms with Crippen molar-refractivity contribution in [1.82, 2.24) is 9.78 Å². The monoisotopic (exact) mass is 243 g/mol. The van der Waals surface area contributed by atoms with Gasteiger partial charge >= 0.3 is 0 Å². The maximum Gasteiger partial charge on any atom is 0.127 e. The van der Waals surface area contributed by atoms with Crippen LogP contribution < -0.4 is 10.1 Å². The summed E-state index contributed by atoms with van der Waals surface area (Å²) in [6.07, 6.45) is 2.96. The van der Waals surface area contributed by atoms with Gasteiger partial charge in [0.15, 0.2) is 0 Å². The molecule has 2 aromatic rings. The van der Waals surface area contributed by atoms with E-state index >= 15 is 0 Å². The first-order valence-corrected chi connectivity index (χ1v) is 6.21. The molecule has 0 saturated carbocycles. The highest BCUT2D eigenvalue weighted by atomic mass is 16.5. The van der Waals surface area contributed by atoms with Gasteiger partial charge in [-0.05, 0) is 31.0 Å². The van der Waals surface area contributed by atoms with E-state index in [1.807, 2.05) is 18.3 Å². The van der Waals surface area contributed by atoms with Gasteiger partial charge in [-0.2, -0.15) is 5.10 Å². The second-order valence-corrected chi connectivity index (χ2v) is 4.63. The number of aromatic nitrogens is 2. The predicted molar refractivity (Wildman–Crippen MR) is 71.2 cm³/mol. The molecule has 1 N–H and O–H groups in total. The van der Waals surface area contributed by atoms with Crippen molar-refractivity contribution in [2.24, 2.45) is 0 Å². The van der Waals surface area contributed by atoms with Crippen molar-refractivity contribution < 1.29 is 4.74 Å². The number of nitrogens with one attached hydrogen (secondary N) is 1. The quantitative estimate of drug-likeness (QED) is 0.881. The van der Waals surface area contributed by atoms with E-state index in [0.717, 1.165) is 24.5 Å². The summed E-state index contributed by atoms with van der Waals surface area (Å²) in [6.45, 7) is 3.06. The lowest BCUT2D eigenvalue weighted by Crippen LogP contribution is -2.24. The van der Waals surface area contributed by atoms with Gasteiger partial charge in [0.2, 0.25) is 0 Å². The molecule has 1 unspecified atom stereocenters. The Kier molecular flexibility index (Phi) is 2.70. The summed E-state index contributed by atoms with van der Waals surface area (Å²) in [6, 6.07) is 8.53. The molecule has 0 amide bonds. The van der Waals surface area contributed by atoms with Crippen molar-refractivity contribution in [2.45, 2.75) is 19.4 Å². The Morgan fingerprint density at radius 3 is 3.17 bits per heavy atom. The first-order chi connectivity index (χ1) is 8.79. The number of rotatable bonds is 2. The van der Waals surface area contributed by atoms with E-state index in [-0.39, 0.29) is 0 Å². The molecule has 3 rings (SSSR count). The van der Waals surface area contributed by atoms with Crippen LogP contribution in [-0.4, -0.2) is 23.4 Å². The number of aryl methyl sites for hydroxylation is 1. The van der Waals surface area contributed by atoms with E-state index in [1.54, 1.807) is 7.11 Å². The summed E-state index contributed by atoms with van der Waals surface area (Å²) in [7, 11) is 1.70. The van der Waals surface area contributed by atoms with Crippen molar-refractivity contribution >= 4 is 5.82 Å². The maximum absolute atomic E-state index is 5.29. The van der Waals surface area contributed by atoms with E-state index in [4.69, 9.17) is 4.74 Å². The van der Waals surface area contributed by atoms with Gasteiger partial charge in [0.25, 0.3) is 0 Å². The molecule has 4 heteroatoms. The third-order valence-electron chi connectivity index (χ3n) is 3.46. The van der Waals surface area contributed by atoms with Gasteiger partial charge in [0.1, 0.15) is 11.6 Å². The zero-order chi connectivity index (χ0) is 12.5. The normalized spacial score (nSPS) is 18.0. The third-order valence-corrected chi connectivity index (χ3v) is 3.46. The lowest BCUT2D eigenvalue weighted by Gasteiger charge is -2.26. The van der Waals surface area contributed by atoms with E-state index in [2.05, 4.69) is 34.2 Å². The molecule has 1 aromatic heterocycles. The van der Waals surface area contributed by atoms with Gasteiger partial charge in [-0.25, -0.2) is 4.68 Å². The van der Waals surface area contributed by atoms with Crippen LogP contribution in [0.5, 0.6) is 5.75 Å². The highest BCUT2D eigenvalue weighted by Gasteiger charge is 2.23. The van der Waals surface area contributed by atoms with Crippen LogP contribution in [-0.2, 0) is 0 Å². The minimum absolute atomic E-state index is 0.296. The second kappa shape index (κ2) is 4.37. The molecule has 94 valence electrons. The average Bonchev–Trinajstić information content (AvgIpc) is 2.81. The zero-order valence-corrected chi connectivity index (χ0v) is 10.7. The lowest BCUT2D eigenvalue weighted by atomic mass is 10.0. The smallest absolute Gasteiger partial charge is 0.127 e. The van der Waals surface area contributed by atoms with Crippen molar-refractivity contribution in [3.8, 4) is 5.75 Å². The van der Waals surface area contributed by atoms with E-state index in [0.29, 0.717) is 6.04 Å². The number of fused-ring (bicyclic) bond motifs is 1. The Morgan fingerprint density at radius 1 is 1.44 bits per heavy atom. The van der Waals surface area contributed by atoms with Crippen LogP contribution >= 0.6 is 0 Å². The highest BCUT2D eigenvalue weighted by Crippen LogP contribution is 2.32. The predicted octanol–water partition coefficient (Wildman–Crippen LogP) is 2.61. The Bertz CT molecular complexity index is 562. The number of ether oxygens (including phenoxy) is 1. The molecule has 2 heterocycles. The third kappa shape index (κ3) is 1.74. The fraction of sp³-hybridized carbons (Fsp3) is 0.357. The molecule has 1 aliphatic rings. The molecule has 1 aliphatic heterocycles. The second-order valence-electron chi connectivity index (χ2n) is 4.63. The molecular weight excluding hydrogens is 226 g/mol. The van der Waals surface area contributed by atoms with Crippen LogP contribution in [0.2, 0.25) is 0 Å². The van der Waals surface area contributed by atoms with Gasteiger partial charge < -0.3 is 10.1 Å². The van der Waals surface area contributed by atoms with Crippen molar-refractivity contribution in [1.29, 1.82) is 0 Å². The zero-order valence-electron chi connectivity index (χ0n) is 10.7. The minimum Gasteiger partial charge on any atom is -0.497 e. The molecule has 0 spiro atoms. The molecule has 1 aromatic carbocycles. The van der Waals surface area contributed by atoms with Crippen LogP contribution in [0.3, 0.4) is 0 Å². The topological polar surface area (TPSA) is 39.1 Å². The lowest BCUT2D eigenvalue weighted by molar-refractivity contribution is 0.411. The van der Waals surface area contributed by atoms with E-state index < -0.39 is 0 Å². The summed E-state index contributed by atoms with van der Waals surface area (Å²) in [5, 5.41) is 7.89. The molecule has 0 saturated heterocycles. The van der Waals surface area contributed by atoms with E-state index in [1.165, 1.54) is 11.1 Å². The molecule has 0 fully saturated rings. The van der Waals surface area contributed by atoms with Crippen molar-refractivity contribution in [3.05, 3.63) is 41.6 Å². The Labute approximate surface area is 107 Å². The largest absolute Gasteiger partial charge is 0.497 e. The van der Waals surface area contributed by atoms with Crippen molar-refractivity contribution in [3.63, 3.8) is 0 Å². The molecule has 4 nitrogen and oxygen atoms in total. The van der Waals surface area contributed by atoms with Gasteiger partial charge in [0.05, 0.1) is 19.3 Å². The summed E-state index contributed by atoms with van der Waals surface area (Å²) in [5.74, 6) is 2.03. The number of hydrogen-bond acceptors (Lipinski definition) is 3. The first kappa shape index (κ1) is 11.1. The average molecular weight is 243 g/mol. The molecule has 0 aliphatic carbocycles. The number of benzene rings is 1. The summed E-state index contributed by atoms with van der Waals surface area (Å²) in [5.41, 5.74) is 2.45. The van der Waals surface area contributed by atoms with Crippen LogP contribution in [0.25, 0.3) is 0 Å². The summed E-state index contributed by atoms with van der Waals surface area (Å²) >= 11 is 0. The van der Waals surface area contributed by atoms with Crippen LogP contribution in [0, 0.1) is 6.92 Å². The van der Waals surface area contributed by atoms with Crippen molar-refractivity contribution in [2.75, 3.05) is 19.0 Å². The fourth-order valence-electron chi connectivity index (χ4n) is 2.51. The SMILES string of the molecule is COc1cccc(C2CCNc3c(C)cnn32)c1. The minimum atomic E-state index is 0.296. The number of hydrogen-bond donors (Lipinski definition) is 1. The number of nitrogens with zero attached hydrogens (tertiary/aromatic N) is 2. The Balaban J connectivity index is 2.02. The number of methoxy groups -OCH3 is 1. The van der Waals surface area contributed by atoms with Crippen LogP contribution in [0.15, 0.2) is 30.5 Å². The first-order valence-electron chi connectivity index (χ1n) is 6.21. The Hall–Kier alpha value is -1.97. The fourth-order valence-corrected chi connectivity index (χ4v) is 2.51. The summed E-state index contributed by atoms with van der Waals surface area (Å²) < 4.78 is 7.37. The molecule has 18 heavy (non-hydrogen) atoms. The molecule has 1 atom stereocenters. The maximum atomic E-state index is 5.29. The van der Waals surface area contributed by atoms with E-state index in [9.17, 15) is 0 Å². The van der Waals surface area contributed by atoms with Gasteiger partial charge in [-0.15, -0.1) is 0 Å². The number of anilines is 1. The molecule has 0 radical (unpaired) electrons. The van der Waals surface area contributed by atoms with Crippen LogP contribution in [0.4, 0.5) is 5.82 Å². The molecule has 0 bridgehead atoms. The van der Waals surface area contributed by atoms with Gasteiger partial charge in [-0.3, -0.25) is 0 Å². The van der Waals surface area contributed by atoms with Gasteiger partial charge in [0, 0.05) is 12.1 Å². The Morgan fingerprint density at radius 2 is 2.33 bits per heavy atom. The van der Waals surface area contributed by atoms with Crippen LogP contribution in [0.1, 0.15) is 23.6 Å². The standard InChI is InChI=1S/C14H17N3O/c1-10-9-16-17-13(6-7-15-14(10)17)11-4-3-5-12(8-11)18-2/h3-5,8-9,13,15H,6-7H2,1-2H3. The summed E-state index contributed by atoms with van der Waals surface area (Å²) in [4.78, 5) is 0. The molecular formula is C14H17N3O. The highest BCUT2D eigenvalue weighted by molar-refractivity contribution is 5.46. The van der Waals surface area contributed by atoms with Gasteiger partial charge in [-0.1, -0.05) is 12.1 Å².